The average molecular weight is 396 g/mol. The molecule has 0 aliphatic carbocycles. The fourth-order valence-corrected chi connectivity index (χ4v) is 4.00. The Balaban J connectivity index is 2.59. The van der Waals surface area contributed by atoms with Crippen LogP contribution in [0.1, 0.15) is 12.5 Å². The zero-order chi connectivity index (χ0) is 20.2. The lowest BCUT2D eigenvalue weighted by Crippen LogP contribution is -2.37. The summed E-state index contributed by atoms with van der Waals surface area (Å²) in [6, 6.07) is 7.89. The molecule has 8 nitrogen and oxygen atoms in total. The number of carbonyl (C=O) groups excluding carboxylic acids is 1. The second-order valence-corrected chi connectivity index (χ2v) is 7.33. The minimum atomic E-state index is -4.36. The molecule has 27 heavy (non-hydrogen) atoms. The van der Waals surface area contributed by atoms with Crippen LogP contribution in [-0.2, 0) is 19.6 Å². The van der Waals surface area contributed by atoms with Gasteiger partial charge in [-0.15, -0.1) is 0 Å². The van der Waals surface area contributed by atoms with Crippen molar-refractivity contribution in [1.29, 1.82) is 0 Å². The molecule has 0 amide bonds. The summed E-state index contributed by atoms with van der Waals surface area (Å²) >= 11 is 0. The molecule has 2 aromatic carbocycles. The van der Waals surface area contributed by atoms with Gasteiger partial charge in [0.2, 0.25) is 0 Å². The van der Waals surface area contributed by atoms with E-state index >= 15 is 0 Å². The highest BCUT2D eigenvalue weighted by molar-refractivity contribution is 7.93. The summed E-state index contributed by atoms with van der Waals surface area (Å²) in [5.74, 6) is -1.40. The number of non-ortho nitro benzene ring substituents is 1. The van der Waals surface area contributed by atoms with E-state index in [4.69, 9.17) is 4.74 Å². The van der Waals surface area contributed by atoms with E-state index in [1.165, 1.54) is 31.2 Å². The molecular formula is C17H17FN2O6S. The zero-order valence-electron chi connectivity index (χ0n) is 14.6. The molecule has 0 spiro atoms. The number of anilines is 1. The van der Waals surface area contributed by atoms with Gasteiger partial charge in [-0.2, -0.15) is 0 Å². The third-order valence-corrected chi connectivity index (χ3v) is 5.56. The first-order valence-electron chi connectivity index (χ1n) is 7.85. The van der Waals surface area contributed by atoms with Crippen LogP contribution in [0.5, 0.6) is 0 Å². The number of ether oxygens (including phenoxy) is 1. The summed E-state index contributed by atoms with van der Waals surface area (Å²) in [7, 11) is -4.36. The SMILES string of the molecule is CCOC(=O)CN(c1ccc(F)cc1)S(=O)(=O)c1cc([N+](=O)[O-])ccc1C. The molecule has 144 valence electrons. The first-order chi connectivity index (χ1) is 12.7. The Kier molecular flexibility index (Phi) is 6.11. The zero-order valence-corrected chi connectivity index (χ0v) is 15.4. The number of benzene rings is 2. The molecule has 0 N–H and O–H groups in total. The van der Waals surface area contributed by atoms with Gasteiger partial charge < -0.3 is 4.74 Å². The van der Waals surface area contributed by atoms with Crippen molar-refractivity contribution in [2.75, 3.05) is 17.5 Å². The molecule has 0 heterocycles. The summed E-state index contributed by atoms with van der Waals surface area (Å²) in [4.78, 5) is 21.9. The summed E-state index contributed by atoms with van der Waals surface area (Å²) in [6.07, 6.45) is 0. The number of nitro benzene ring substituents is 1. The van der Waals surface area contributed by atoms with Gasteiger partial charge in [-0.1, -0.05) is 6.07 Å². The van der Waals surface area contributed by atoms with Crippen molar-refractivity contribution < 1.29 is 27.3 Å². The van der Waals surface area contributed by atoms with E-state index in [1.54, 1.807) is 6.92 Å². The van der Waals surface area contributed by atoms with Crippen molar-refractivity contribution in [3.63, 3.8) is 0 Å². The largest absolute Gasteiger partial charge is 0.465 e. The van der Waals surface area contributed by atoms with Gasteiger partial charge in [0.05, 0.1) is 22.1 Å². The lowest BCUT2D eigenvalue weighted by Gasteiger charge is -2.24. The molecule has 2 rings (SSSR count). The fourth-order valence-electron chi connectivity index (χ4n) is 2.35. The number of sulfonamides is 1. The van der Waals surface area contributed by atoms with Crippen LogP contribution < -0.4 is 4.31 Å². The van der Waals surface area contributed by atoms with E-state index < -0.39 is 39.0 Å². The first-order valence-corrected chi connectivity index (χ1v) is 9.29. The lowest BCUT2D eigenvalue weighted by atomic mass is 10.2. The van der Waals surface area contributed by atoms with Gasteiger partial charge in [0.1, 0.15) is 12.4 Å². The number of halogens is 1. The number of carbonyl (C=O) groups is 1. The predicted molar refractivity (Wildman–Crippen MR) is 95.4 cm³/mol. The second kappa shape index (κ2) is 8.12. The van der Waals surface area contributed by atoms with Crippen LogP contribution in [0.4, 0.5) is 15.8 Å². The highest BCUT2D eigenvalue weighted by Gasteiger charge is 2.30. The molecule has 2 aromatic rings. The first kappa shape index (κ1) is 20.3. The maximum absolute atomic E-state index is 13.2. The molecule has 0 atom stereocenters. The molecule has 0 bridgehead atoms. The minimum absolute atomic E-state index is 0.0235. The number of esters is 1. The smallest absolute Gasteiger partial charge is 0.326 e. The molecule has 0 radical (unpaired) electrons. The van der Waals surface area contributed by atoms with Crippen molar-refractivity contribution in [2.45, 2.75) is 18.7 Å². The van der Waals surface area contributed by atoms with Crippen LogP contribution in [-0.4, -0.2) is 32.5 Å². The van der Waals surface area contributed by atoms with E-state index in [0.717, 1.165) is 22.5 Å². The highest BCUT2D eigenvalue weighted by atomic mass is 32.2. The molecule has 0 aromatic heterocycles. The Hall–Kier alpha value is -3.01. The molecule has 0 aliphatic rings. The monoisotopic (exact) mass is 396 g/mol. The van der Waals surface area contributed by atoms with Gasteiger partial charge in [0, 0.05) is 12.1 Å². The molecule has 0 aliphatic heterocycles. The molecule has 10 heteroatoms. The maximum atomic E-state index is 13.2. The number of rotatable bonds is 7. The molecule has 0 unspecified atom stereocenters. The maximum Gasteiger partial charge on any atom is 0.326 e. The van der Waals surface area contributed by atoms with Crippen LogP contribution in [0, 0.1) is 22.9 Å². The van der Waals surface area contributed by atoms with Crippen LogP contribution >= 0.6 is 0 Å². The van der Waals surface area contributed by atoms with Crippen LogP contribution in [0.15, 0.2) is 47.4 Å². The Morgan fingerprint density at radius 1 is 1.22 bits per heavy atom. The standard InChI is InChI=1S/C17H17FN2O6S/c1-3-26-17(21)11-19(14-8-5-13(18)6-9-14)27(24,25)16-10-15(20(22)23)7-4-12(16)2/h4-10H,3,11H2,1-2H3. The molecule has 0 saturated carbocycles. The van der Waals surface area contributed by atoms with Crippen molar-refractivity contribution in [2.24, 2.45) is 0 Å². The van der Waals surface area contributed by atoms with Gasteiger partial charge in [0.15, 0.2) is 0 Å². The quantitative estimate of drug-likeness (QED) is 0.405. The third-order valence-electron chi connectivity index (χ3n) is 3.64. The van der Waals surface area contributed by atoms with Crippen molar-refractivity contribution in [1.82, 2.24) is 0 Å². The van der Waals surface area contributed by atoms with E-state index in [9.17, 15) is 27.7 Å². The van der Waals surface area contributed by atoms with Gasteiger partial charge in [0.25, 0.3) is 15.7 Å². The van der Waals surface area contributed by atoms with Gasteiger partial charge in [-0.3, -0.25) is 19.2 Å². The van der Waals surface area contributed by atoms with Crippen molar-refractivity contribution in [3.05, 3.63) is 64.0 Å². The summed E-state index contributed by atoms with van der Waals surface area (Å²) in [5, 5.41) is 11.0. The Labute approximate surface area is 155 Å². The minimum Gasteiger partial charge on any atom is -0.465 e. The Morgan fingerprint density at radius 2 is 1.85 bits per heavy atom. The lowest BCUT2D eigenvalue weighted by molar-refractivity contribution is -0.385. The van der Waals surface area contributed by atoms with Crippen LogP contribution in [0.25, 0.3) is 0 Å². The van der Waals surface area contributed by atoms with E-state index in [0.29, 0.717) is 0 Å². The number of nitrogens with zero attached hydrogens (tertiary/aromatic N) is 2. The second-order valence-electron chi connectivity index (χ2n) is 5.50. The Morgan fingerprint density at radius 3 is 2.41 bits per heavy atom. The molecule has 0 saturated heterocycles. The number of hydrogen-bond donors (Lipinski definition) is 0. The molecule has 0 fully saturated rings. The van der Waals surface area contributed by atoms with Gasteiger partial charge in [-0.25, -0.2) is 12.8 Å². The topological polar surface area (TPSA) is 107 Å². The van der Waals surface area contributed by atoms with E-state index in [2.05, 4.69) is 0 Å². The summed E-state index contributed by atoms with van der Waals surface area (Å²) < 4.78 is 45.1. The summed E-state index contributed by atoms with van der Waals surface area (Å²) in [6.45, 7) is 2.43. The van der Waals surface area contributed by atoms with Gasteiger partial charge >= 0.3 is 5.97 Å². The average Bonchev–Trinajstić information content (AvgIpc) is 2.60. The normalized spacial score (nSPS) is 11.1. The Bertz CT molecular complexity index is 960. The number of nitro groups is 1. The van der Waals surface area contributed by atoms with Crippen LogP contribution in [0.3, 0.4) is 0 Å². The van der Waals surface area contributed by atoms with Gasteiger partial charge in [-0.05, 0) is 43.7 Å². The highest BCUT2D eigenvalue weighted by Crippen LogP contribution is 2.28. The molecular weight excluding hydrogens is 379 g/mol. The summed E-state index contributed by atoms with van der Waals surface area (Å²) in [5.41, 5.74) is -0.124. The van der Waals surface area contributed by atoms with E-state index in [-0.39, 0.29) is 22.8 Å². The number of aryl methyl sites for hydroxylation is 1. The number of hydrogen-bond acceptors (Lipinski definition) is 6. The van der Waals surface area contributed by atoms with Crippen molar-refractivity contribution >= 4 is 27.4 Å². The van der Waals surface area contributed by atoms with Crippen molar-refractivity contribution in [3.8, 4) is 0 Å². The fraction of sp³-hybridized carbons (Fsp3) is 0.235. The van der Waals surface area contributed by atoms with Crippen LogP contribution in [0.2, 0.25) is 0 Å². The third kappa shape index (κ3) is 4.59. The predicted octanol–water partition coefficient (Wildman–Crippen LogP) is 2.80. The van der Waals surface area contributed by atoms with E-state index in [1.807, 2.05) is 0 Å².